The van der Waals surface area contributed by atoms with E-state index < -0.39 is 9.84 Å². The summed E-state index contributed by atoms with van der Waals surface area (Å²) in [4.78, 5) is 0.255. The molecule has 1 N–H and O–H groups in total. The lowest BCUT2D eigenvalue weighted by Crippen LogP contribution is -2.11. The summed E-state index contributed by atoms with van der Waals surface area (Å²) in [5.74, 6) is 0.602. The maximum Gasteiger partial charge on any atom is 0.177 e. The summed E-state index contributed by atoms with van der Waals surface area (Å²) in [7, 11) is -3.34. The number of para-hydroxylation sites is 1. The summed E-state index contributed by atoms with van der Waals surface area (Å²) in [5.41, 5.74) is 2.45. The lowest BCUT2D eigenvalue weighted by Gasteiger charge is -2.18. The van der Waals surface area contributed by atoms with E-state index >= 15 is 0 Å². The Balaban J connectivity index is 1.85. The van der Waals surface area contributed by atoms with E-state index in [0.717, 1.165) is 24.1 Å². The van der Waals surface area contributed by atoms with Gasteiger partial charge in [-0.3, -0.25) is 0 Å². The molecule has 2 heterocycles. The first-order valence-electron chi connectivity index (χ1n) is 8.97. The highest BCUT2D eigenvalue weighted by Gasteiger charge is 2.17. The van der Waals surface area contributed by atoms with Gasteiger partial charge in [0.2, 0.25) is 0 Å². The highest BCUT2D eigenvalue weighted by atomic mass is 32.2. The molecule has 0 aliphatic carbocycles. The fraction of sp³-hybridized carbons (Fsp3) is 0.350. The Morgan fingerprint density at radius 2 is 1.96 bits per heavy atom. The Bertz CT molecular complexity index is 976. The molecule has 144 valence electrons. The van der Waals surface area contributed by atoms with Crippen LogP contribution in [0.3, 0.4) is 0 Å². The van der Waals surface area contributed by atoms with Crippen LogP contribution in [0.1, 0.15) is 38.3 Å². The van der Waals surface area contributed by atoms with Crippen LogP contribution in [0.4, 0.5) is 5.69 Å². The molecule has 1 atom stereocenters. The largest absolute Gasteiger partial charge is 0.472 e. The van der Waals surface area contributed by atoms with Crippen molar-refractivity contribution < 1.29 is 12.8 Å². The Labute approximate surface area is 160 Å². The zero-order valence-corrected chi connectivity index (χ0v) is 16.6. The summed E-state index contributed by atoms with van der Waals surface area (Å²) < 4.78 is 30.9. The summed E-state index contributed by atoms with van der Waals surface area (Å²) in [6.45, 7) is 4.40. The first-order valence-corrected chi connectivity index (χ1v) is 10.9. The van der Waals surface area contributed by atoms with Gasteiger partial charge in [-0.1, -0.05) is 26.0 Å². The van der Waals surface area contributed by atoms with E-state index in [-0.39, 0.29) is 10.9 Å². The normalized spacial score (nSPS) is 13.0. The molecule has 0 fully saturated rings. The molecule has 0 saturated heterocycles. The predicted octanol–water partition coefficient (Wildman–Crippen LogP) is 4.46. The van der Waals surface area contributed by atoms with Crippen molar-refractivity contribution in [3.8, 4) is 5.69 Å². The molecule has 0 amide bonds. The number of sulfone groups is 1. The van der Waals surface area contributed by atoms with E-state index in [4.69, 9.17) is 4.42 Å². The molecular weight excluding hydrogens is 362 g/mol. The minimum absolute atomic E-state index is 0.106. The number of hydrogen-bond donors (Lipinski definition) is 1. The van der Waals surface area contributed by atoms with Gasteiger partial charge in [-0.05, 0) is 37.0 Å². The van der Waals surface area contributed by atoms with Gasteiger partial charge in [0.25, 0.3) is 0 Å². The molecule has 3 rings (SSSR count). The van der Waals surface area contributed by atoms with Crippen LogP contribution in [0.2, 0.25) is 0 Å². The van der Waals surface area contributed by atoms with E-state index in [1.807, 2.05) is 12.3 Å². The standard InChI is InChI=1S/C20H25N3O3S/c1-15(2)8-9-18(16-10-11-26-14-16)22-17-12-21-23(13-17)19-6-4-5-7-20(19)27(3,24)25/h4-7,10-15,18,22H,8-9H2,1-3H3/t18-/m0/s1. The third-order valence-corrected chi connectivity index (χ3v) is 5.56. The van der Waals surface area contributed by atoms with Crippen LogP contribution in [0.25, 0.3) is 5.69 Å². The fourth-order valence-corrected chi connectivity index (χ4v) is 3.85. The smallest absolute Gasteiger partial charge is 0.177 e. The molecule has 1 aromatic carbocycles. The van der Waals surface area contributed by atoms with Gasteiger partial charge in [0.05, 0.1) is 47.2 Å². The quantitative estimate of drug-likeness (QED) is 0.617. The van der Waals surface area contributed by atoms with E-state index in [1.165, 1.54) is 6.26 Å². The van der Waals surface area contributed by atoms with Crippen LogP contribution in [-0.2, 0) is 9.84 Å². The number of nitrogens with zero attached hydrogens (tertiary/aromatic N) is 2. The second kappa shape index (κ2) is 8.00. The van der Waals surface area contributed by atoms with Gasteiger partial charge in [-0.25, -0.2) is 13.1 Å². The monoisotopic (exact) mass is 387 g/mol. The van der Waals surface area contributed by atoms with Crippen molar-refractivity contribution in [2.45, 2.75) is 37.6 Å². The van der Waals surface area contributed by atoms with Crippen molar-refractivity contribution in [2.24, 2.45) is 5.92 Å². The van der Waals surface area contributed by atoms with Crippen molar-refractivity contribution in [2.75, 3.05) is 11.6 Å². The number of rotatable bonds is 8. The van der Waals surface area contributed by atoms with Crippen LogP contribution in [0, 0.1) is 5.92 Å². The van der Waals surface area contributed by atoms with Crippen molar-refractivity contribution in [1.82, 2.24) is 9.78 Å². The highest BCUT2D eigenvalue weighted by molar-refractivity contribution is 7.90. The van der Waals surface area contributed by atoms with Crippen molar-refractivity contribution in [3.63, 3.8) is 0 Å². The molecule has 0 aliphatic rings. The van der Waals surface area contributed by atoms with Crippen molar-refractivity contribution >= 4 is 15.5 Å². The number of nitrogens with one attached hydrogen (secondary N) is 1. The van der Waals surface area contributed by atoms with Crippen molar-refractivity contribution in [1.29, 1.82) is 0 Å². The molecular formula is C20H25N3O3S. The second-order valence-corrected chi connectivity index (χ2v) is 9.12. The third kappa shape index (κ3) is 4.80. The molecule has 3 aromatic rings. The lowest BCUT2D eigenvalue weighted by molar-refractivity contribution is 0.514. The Morgan fingerprint density at radius 1 is 1.19 bits per heavy atom. The average Bonchev–Trinajstić information content (AvgIpc) is 3.29. The van der Waals surface area contributed by atoms with E-state index in [2.05, 4.69) is 24.3 Å². The first-order chi connectivity index (χ1) is 12.8. The minimum atomic E-state index is -3.34. The van der Waals surface area contributed by atoms with Crippen molar-refractivity contribution in [3.05, 3.63) is 60.8 Å². The molecule has 7 heteroatoms. The Morgan fingerprint density at radius 3 is 2.63 bits per heavy atom. The van der Waals surface area contributed by atoms with Gasteiger partial charge < -0.3 is 9.73 Å². The topological polar surface area (TPSA) is 77.1 Å². The number of anilines is 1. The molecule has 0 bridgehead atoms. The third-order valence-electron chi connectivity index (χ3n) is 4.41. The molecule has 0 saturated carbocycles. The predicted molar refractivity (Wildman–Crippen MR) is 106 cm³/mol. The molecule has 27 heavy (non-hydrogen) atoms. The zero-order valence-electron chi connectivity index (χ0n) is 15.8. The minimum Gasteiger partial charge on any atom is -0.472 e. The van der Waals surface area contributed by atoms with Gasteiger partial charge in [0, 0.05) is 11.8 Å². The van der Waals surface area contributed by atoms with Crippen LogP contribution in [0.5, 0.6) is 0 Å². The van der Waals surface area contributed by atoms with Gasteiger partial charge in [-0.2, -0.15) is 5.10 Å². The average molecular weight is 388 g/mol. The number of furan rings is 1. The fourth-order valence-electron chi connectivity index (χ4n) is 2.99. The molecule has 0 radical (unpaired) electrons. The summed E-state index contributed by atoms with van der Waals surface area (Å²) in [6, 6.07) is 8.92. The Kier molecular flexibility index (Phi) is 5.70. The second-order valence-electron chi connectivity index (χ2n) is 7.14. The zero-order chi connectivity index (χ0) is 19.4. The maximum atomic E-state index is 12.0. The molecule has 0 aliphatic heterocycles. The van der Waals surface area contributed by atoms with Gasteiger partial charge in [0.1, 0.15) is 0 Å². The number of aromatic nitrogens is 2. The van der Waals surface area contributed by atoms with Gasteiger partial charge in [-0.15, -0.1) is 0 Å². The first kappa shape index (κ1) is 19.2. The van der Waals surface area contributed by atoms with Crippen LogP contribution >= 0.6 is 0 Å². The molecule has 0 unspecified atom stereocenters. The van der Waals surface area contributed by atoms with Crippen LogP contribution in [0.15, 0.2) is 64.6 Å². The van der Waals surface area contributed by atoms with Gasteiger partial charge >= 0.3 is 0 Å². The van der Waals surface area contributed by atoms with Gasteiger partial charge in [0.15, 0.2) is 9.84 Å². The van der Waals surface area contributed by atoms with Crippen LogP contribution in [-0.4, -0.2) is 24.5 Å². The SMILES string of the molecule is CC(C)CC[C@H](Nc1cnn(-c2ccccc2S(C)(=O)=O)c1)c1ccoc1. The molecule has 0 spiro atoms. The summed E-state index contributed by atoms with van der Waals surface area (Å²) >= 11 is 0. The summed E-state index contributed by atoms with van der Waals surface area (Å²) in [6.07, 6.45) is 10.2. The van der Waals surface area contributed by atoms with E-state index in [1.54, 1.807) is 47.7 Å². The lowest BCUT2D eigenvalue weighted by atomic mass is 9.99. The molecule has 6 nitrogen and oxygen atoms in total. The summed E-state index contributed by atoms with van der Waals surface area (Å²) in [5, 5.41) is 7.85. The van der Waals surface area contributed by atoms with Crippen LogP contribution < -0.4 is 5.32 Å². The molecule has 2 aromatic heterocycles. The number of hydrogen-bond acceptors (Lipinski definition) is 5. The van der Waals surface area contributed by atoms with E-state index in [9.17, 15) is 8.42 Å². The Hall–Kier alpha value is -2.54. The highest BCUT2D eigenvalue weighted by Crippen LogP contribution is 2.27. The number of benzene rings is 1. The van der Waals surface area contributed by atoms with E-state index in [0.29, 0.717) is 11.6 Å². The maximum absolute atomic E-state index is 12.0.